The summed E-state index contributed by atoms with van der Waals surface area (Å²) in [5, 5.41) is 0. The number of rotatable bonds is 8. The molecule has 2 heteroatoms. The van der Waals surface area contributed by atoms with E-state index in [0.717, 1.165) is 5.57 Å². The fourth-order valence-electron chi connectivity index (χ4n) is 3.28. The van der Waals surface area contributed by atoms with Gasteiger partial charge in [0.25, 0.3) is 0 Å². The number of hydrogen-bond donors (Lipinski definition) is 0. The van der Waals surface area contributed by atoms with Crippen molar-refractivity contribution in [3.8, 4) is 0 Å². The molecule has 0 aliphatic rings. The third-order valence-electron chi connectivity index (χ3n) is 4.71. The van der Waals surface area contributed by atoms with Crippen LogP contribution in [0.5, 0.6) is 0 Å². The van der Waals surface area contributed by atoms with Crippen molar-refractivity contribution in [2.75, 3.05) is 0 Å². The Morgan fingerprint density at radius 3 is 1.81 bits per heavy atom. The maximum atomic E-state index is 13.2. The highest BCUT2D eigenvalue weighted by Crippen LogP contribution is 2.31. The minimum absolute atomic E-state index is 0.0367. The molecule has 26 heavy (non-hydrogen) atoms. The molecule has 2 aromatic rings. The number of ketones is 2. The lowest BCUT2D eigenvalue weighted by molar-refractivity contribution is 0.0839. The molecule has 136 valence electrons. The summed E-state index contributed by atoms with van der Waals surface area (Å²) in [5.41, 5.74) is 2.51. The minimum Gasteiger partial charge on any atom is -0.294 e. The zero-order valence-electron chi connectivity index (χ0n) is 16.1. The molecule has 0 unspecified atom stereocenters. The highest BCUT2D eigenvalue weighted by Gasteiger charge is 2.31. The monoisotopic (exact) mass is 348 g/mol. The van der Waals surface area contributed by atoms with Gasteiger partial charge in [0.05, 0.1) is 0 Å². The highest BCUT2D eigenvalue weighted by molar-refractivity contribution is 6.00. The van der Waals surface area contributed by atoms with Gasteiger partial charge in [-0.2, -0.15) is 0 Å². The second-order valence-electron chi connectivity index (χ2n) is 7.40. The van der Waals surface area contributed by atoms with E-state index in [1.165, 1.54) is 0 Å². The van der Waals surface area contributed by atoms with Gasteiger partial charge >= 0.3 is 0 Å². The standard InChI is InChI=1S/C24H28O2/c1-17(2)15-22(24(26)20-13-9-6-10-14-20)21(18(3)4)16-23(25)19-11-7-5-8-12-19/h5-15,18,21-22H,16H2,1-4H3/t21-,22+/m0/s1. The number of benzene rings is 2. The van der Waals surface area contributed by atoms with E-state index in [1.54, 1.807) is 0 Å². The highest BCUT2D eigenvalue weighted by atomic mass is 16.1. The van der Waals surface area contributed by atoms with E-state index in [9.17, 15) is 9.59 Å². The third-order valence-corrected chi connectivity index (χ3v) is 4.71. The molecular formula is C24H28O2. The van der Waals surface area contributed by atoms with Crippen LogP contribution in [-0.4, -0.2) is 11.6 Å². The fraction of sp³-hybridized carbons (Fsp3) is 0.333. The summed E-state index contributed by atoms with van der Waals surface area (Å²) >= 11 is 0. The maximum Gasteiger partial charge on any atom is 0.170 e. The van der Waals surface area contributed by atoms with Crippen molar-refractivity contribution in [1.29, 1.82) is 0 Å². The van der Waals surface area contributed by atoms with Crippen molar-refractivity contribution in [3.05, 3.63) is 83.4 Å². The lowest BCUT2D eigenvalue weighted by Crippen LogP contribution is -2.29. The molecule has 0 heterocycles. The second kappa shape index (κ2) is 9.28. The van der Waals surface area contributed by atoms with Gasteiger partial charge in [-0.05, 0) is 25.7 Å². The number of carbonyl (C=O) groups is 2. The molecule has 0 saturated carbocycles. The van der Waals surface area contributed by atoms with Crippen molar-refractivity contribution in [1.82, 2.24) is 0 Å². The first kappa shape index (κ1) is 19.8. The molecule has 2 aromatic carbocycles. The van der Waals surface area contributed by atoms with E-state index in [1.807, 2.05) is 80.6 Å². The van der Waals surface area contributed by atoms with Crippen LogP contribution in [0, 0.1) is 17.8 Å². The van der Waals surface area contributed by atoms with Gasteiger partial charge in [-0.1, -0.05) is 86.2 Å². The Morgan fingerprint density at radius 1 is 0.846 bits per heavy atom. The van der Waals surface area contributed by atoms with E-state index in [2.05, 4.69) is 13.8 Å². The van der Waals surface area contributed by atoms with Gasteiger partial charge in [-0.15, -0.1) is 0 Å². The molecule has 0 aromatic heterocycles. The largest absolute Gasteiger partial charge is 0.294 e. The molecule has 2 rings (SSSR count). The van der Waals surface area contributed by atoms with Gasteiger partial charge < -0.3 is 0 Å². The van der Waals surface area contributed by atoms with Crippen LogP contribution in [0.15, 0.2) is 72.3 Å². The van der Waals surface area contributed by atoms with Crippen molar-refractivity contribution in [2.24, 2.45) is 17.8 Å². The zero-order chi connectivity index (χ0) is 19.1. The first-order valence-electron chi connectivity index (χ1n) is 9.22. The zero-order valence-corrected chi connectivity index (χ0v) is 16.1. The first-order chi connectivity index (χ1) is 12.4. The smallest absolute Gasteiger partial charge is 0.170 e. The van der Waals surface area contributed by atoms with Crippen LogP contribution in [0.3, 0.4) is 0 Å². The van der Waals surface area contributed by atoms with Gasteiger partial charge in [0, 0.05) is 23.5 Å². The average Bonchev–Trinajstić information content (AvgIpc) is 2.64. The predicted octanol–water partition coefficient (Wildman–Crippen LogP) is 6.00. The average molecular weight is 348 g/mol. The quantitative estimate of drug-likeness (QED) is 0.433. The fourth-order valence-corrected chi connectivity index (χ4v) is 3.28. The Bertz CT molecular complexity index is 753. The van der Waals surface area contributed by atoms with E-state index in [-0.39, 0.29) is 29.3 Å². The molecule has 0 bridgehead atoms. The second-order valence-corrected chi connectivity index (χ2v) is 7.40. The van der Waals surface area contributed by atoms with Crippen molar-refractivity contribution in [3.63, 3.8) is 0 Å². The Hall–Kier alpha value is -2.48. The maximum absolute atomic E-state index is 13.2. The first-order valence-corrected chi connectivity index (χ1v) is 9.22. The number of carbonyl (C=O) groups excluding carboxylic acids is 2. The van der Waals surface area contributed by atoms with Crippen LogP contribution in [0.4, 0.5) is 0 Å². The van der Waals surface area contributed by atoms with E-state index >= 15 is 0 Å². The van der Waals surface area contributed by atoms with Crippen molar-refractivity contribution >= 4 is 11.6 Å². The van der Waals surface area contributed by atoms with Crippen LogP contribution >= 0.6 is 0 Å². The molecule has 0 N–H and O–H groups in total. The molecule has 0 aliphatic heterocycles. The summed E-state index contributed by atoms with van der Waals surface area (Å²) in [6.07, 6.45) is 2.40. The Labute approximate surface area is 157 Å². The lowest BCUT2D eigenvalue weighted by atomic mass is 9.75. The Balaban J connectivity index is 2.34. The molecular weight excluding hydrogens is 320 g/mol. The summed E-state index contributed by atoms with van der Waals surface area (Å²) in [5.74, 6) is 0.0694. The minimum atomic E-state index is -0.296. The van der Waals surface area contributed by atoms with Gasteiger partial charge in [0.1, 0.15) is 0 Å². The Kier molecular flexibility index (Phi) is 7.08. The van der Waals surface area contributed by atoms with Crippen LogP contribution in [-0.2, 0) is 0 Å². The predicted molar refractivity (Wildman–Crippen MR) is 107 cm³/mol. The molecule has 0 spiro atoms. The van der Waals surface area contributed by atoms with Crippen LogP contribution in [0.1, 0.15) is 54.8 Å². The third kappa shape index (κ3) is 5.26. The number of Topliss-reactive ketones (excluding diaryl/α,β-unsaturated/α-hetero) is 2. The molecule has 0 saturated heterocycles. The Morgan fingerprint density at radius 2 is 1.35 bits per heavy atom. The molecule has 2 atom stereocenters. The van der Waals surface area contributed by atoms with E-state index in [0.29, 0.717) is 17.5 Å². The molecule has 0 radical (unpaired) electrons. The van der Waals surface area contributed by atoms with Crippen molar-refractivity contribution < 1.29 is 9.59 Å². The number of hydrogen-bond acceptors (Lipinski definition) is 2. The molecule has 0 amide bonds. The molecule has 0 fully saturated rings. The molecule has 2 nitrogen and oxygen atoms in total. The SMILES string of the molecule is CC(C)=C[C@@H](C(=O)c1ccccc1)[C@@H](CC(=O)c1ccccc1)C(C)C. The van der Waals surface area contributed by atoms with Crippen molar-refractivity contribution in [2.45, 2.75) is 34.1 Å². The summed E-state index contributed by atoms with van der Waals surface area (Å²) in [6, 6.07) is 18.7. The van der Waals surface area contributed by atoms with E-state index in [4.69, 9.17) is 0 Å². The summed E-state index contributed by atoms with van der Waals surface area (Å²) in [7, 11) is 0. The summed E-state index contributed by atoms with van der Waals surface area (Å²) in [4.78, 5) is 26.0. The van der Waals surface area contributed by atoms with Crippen LogP contribution < -0.4 is 0 Å². The van der Waals surface area contributed by atoms with Gasteiger partial charge in [0.15, 0.2) is 11.6 Å². The van der Waals surface area contributed by atoms with Gasteiger partial charge in [0.2, 0.25) is 0 Å². The number of allylic oxidation sites excluding steroid dienone is 2. The summed E-state index contributed by atoms with van der Waals surface area (Å²) in [6.45, 7) is 8.18. The topological polar surface area (TPSA) is 34.1 Å². The lowest BCUT2D eigenvalue weighted by Gasteiger charge is -2.27. The normalized spacial score (nSPS) is 13.1. The van der Waals surface area contributed by atoms with Crippen LogP contribution in [0.2, 0.25) is 0 Å². The van der Waals surface area contributed by atoms with E-state index < -0.39 is 0 Å². The van der Waals surface area contributed by atoms with Crippen LogP contribution in [0.25, 0.3) is 0 Å². The van der Waals surface area contributed by atoms with Gasteiger partial charge in [-0.3, -0.25) is 9.59 Å². The van der Waals surface area contributed by atoms with Gasteiger partial charge in [-0.25, -0.2) is 0 Å². The molecule has 0 aliphatic carbocycles. The summed E-state index contributed by atoms with van der Waals surface area (Å²) < 4.78 is 0.